The molecule has 0 saturated heterocycles. The van der Waals surface area contributed by atoms with Crippen molar-refractivity contribution in [2.45, 2.75) is 165 Å². The molecule has 3 atom stereocenters. The van der Waals surface area contributed by atoms with E-state index in [2.05, 4.69) is 73.6 Å². The van der Waals surface area contributed by atoms with E-state index >= 15 is 0 Å². The molecule has 0 fully saturated rings. The van der Waals surface area contributed by atoms with E-state index in [1.807, 2.05) is 28.7 Å². The minimum atomic E-state index is -0.121. The topological polar surface area (TPSA) is 39.1 Å². The van der Waals surface area contributed by atoms with E-state index in [0.29, 0.717) is 23.2 Å². The van der Waals surface area contributed by atoms with E-state index in [-0.39, 0.29) is 11.1 Å². The van der Waals surface area contributed by atoms with Crippen LogP contribution in [-0.4, -0.2) is 4.57 Å². The molecule has 298 valence electrons. The van der Waals surface area contributed by atoms with Crippen LogP contribution in [-0.2, 0) is 19.4 Å². The molecule has 5 aromatic heterocycles. The Hall–Kier alpha value is -2.32. The Morgan fingerprint density at radius 2 is 0.891 bits per heavy atom. The third-order valence-corrected chi connectivity index (χ3v) is 17.3. The number of thiophene rings is 4. The molecule has 5 heterocycles. The van der Waals surface area contributed by atoms with Gasteiger partial charge in [-0.3, -0.25) is 14.2 Å². The molecule has 1 aromatic carbocycles. The molecule has 0 N–H and O–H groups in total. The van der Waals surface area contributed by atoms with Gasteiger partial charge in [0, 0.05) is 35.5 Å². The van der Waals surface area contributed by atoms with Crippen molar-refractivity contribution in [3.63, 3.8) is 0 Å². The van der Waals surface area contributed by atoms with Gasteiger partial charge in [-0.2, -0.15) is 0 Å². The number of nitrogens with zero attached hydrogens (tertiary/aromatic N) is 1. The first kappa shape index (κ1) is 42.3. The molecule has 3 unspecified atom stereocenters. The normalized spacial score (nSPS) is 13.9. The maximum Gasteiger partial charge on any atom is 0.262 e. The zero-order valence-electron chi connectivity index (χ0n) is 35.0. The van der Waals surface area contributed by atoms with Gasteiger partial charge in [-0.15, -0.1) is 45.3 Å². The minimum absolute atomic E-state index is 0.118. The summed E-state index contributed by atoms with van der Waals surface area (Å²) in [6.45, 7) is 18.7. The highest BCUT2D eigenvalue weighted by molar-refractivity contribution is 7.31. The first-order valence-electron chi connectivity index (χ1n) is 21.7. The molecule has 7 heteroatoms. The number of rotatable bonds is 21. The summed E-state index contributed by atoms with van der Waals surface area (Å²) in [7, 11) is 0. The predicted molar refractivity (Wildman–Crippen MR) is 250 cm³/mol. The Balaban J connectivity index is 1.54. The molecule has 0 aliphatic carbocycles. The van der Waals surface area contributed by atoms with Crippen LogP contribution in [0.3, 0.4) is 0 Å². The standard InChI is InChI=1S/C48H65NO2S4/c1-9-15-18-32(12-4)21-23-35-37-25-30(7)52-43(37)36(24-22-33(13-5)19-16-10-2)38-27-41(54-44(35)38)42-28-40-46(55-42)45-39(26-31(8)53-45)47(50)49(48(40)51)29-34(14-6)20-17-11-3/h25-28,32-34H,9-24,29H2,1-8H3. The molecule has 3 nitrogen and oxygen atoms in total. The Kier molecular flexibility index (Phi) is 14.9. The van der Waals surface area contributed by atoms with Crippen molar-refractivity contribution >= 4 is 85.7 Å². The molecule has 0 spiro atoms. The maximum atomic E-state index is 14.5. The lowest BCUT2D eigenvalue weighted by atomic mass is 9.88. The fraction of sp³-hybridized carbons (Fsp3) is 0.583. The number of benzene rings is 1. The molecule has 0 aliphatic rings. The maximum absolute atomic E-state index is 14.5. The summed E-state index contributed by atoms with van der Waals surface area (Å²) < 4.78 is 6.52. The van der Waals surface area contributed by atoms with Crippen LogP contribution in [0.5, 0.6) is 0 Å². The van der Waals surface area contributed by atoms with Crippen LogP contribution in [0.15, 0.2) is 33.9 Å². The predicted octanol–water partition coefficient (Wildman–Crippen LogP) is 15.9. The van der Waals surface area contributed by atoms with Gasteiger partial charge in [0.25, 0.3) is 11.1 Å². The Labute approximate surface area is 346 Å². The van der Waals surface area contributed by atoms with Crippen LogP contribution in [0.1, 0.15) is 152 Å². The summed E-state index contributed by atoms with van der Waals surface area (Å²) in [6, 6.07) is 9.14. The van der Waals surface area contributed by atoms with Gasteiger partial charge >= 0.3 is 0 Å². The van der Waals surface area contributed by atoms with Gasteiger partial charge in [0.05, 0.1) is 20.2 Å². The van der Waals surface area contributed by atoms with Crippen LogP contribution >= 0.6 is 45.3 Å². The highest BCUT2D eigenvalue weighted by Gasteiger charge is 2.24. The molecule has 0 aliphatic heterocycles. The van der Waals surface area contributed by atoms with Crippen molar-refractivity contribution in [1.29, 1.82) is 0 Å². The Bertz CT molecular complexity index is 2260. The van der Waals surface area contributed by atoms with Gasteiger partial charge in [-0.05, 0) is 110 Å². The zero-order valence-corrected chi connectivity index (χ0v) is 38.2. The van der Waals surface area contributed by atoms with Crippen molar-refractivity contribution in [2.75, 3.05) is 0 Å². The van der Waals surface area contributed by atoms with Gasteiger partial charge in [0.2, 0.25) is 0 Å². The van der Waals surface area contributed by atoms with Crippen LogP contribution < -0.4 is 11.1 Å². The molecule has 0 bridgehead atoms. The third kappa shape index (κ3) is 9.21. The van der Waals surface area contributed by atoms with Gasteiger partial charge in [0.15, 0.2) is 0 Å². The fourth-order valence-electron chi connectivity index (χ4n) is 8.86. The molecular formula is C48H65NO2S4. The highest BCUT2D eigenvalue weighted by Crippen LogP contribution is 2.48. The second kappa shape index (κ2) is 19.4. The third-order valence-electron chi connectivity index (χ3n) is 12.4. The second-order valence-electron chi connectivity index (χ2n) is 16.4. The summed E-state index contributed by atoms with van der Waals surface area (Å²) >= 11 is 7.35. The minimum Gasteiger partial charge on any atom is -0.274 e. The van der Waals surface area contributed by atoms with Crippen LogP contribution in [0.4, 0.5) is 0 Å². The SMILES string of the molecule is CCCCC(CC)CCc1c2cc(-c3cc4c(=O)n(CC(CC)CCCC)c(=O)c5cc(C)sc5c4s3)sc2c(CCC(CC)CCCC)c2cc(C)sc12. The van der Waals surface area contributed by atoms with Crippen molar-refractivity contribution in [1.82, 2.24) is 4.57 Å². The van der Waals surface area contributed by atoms with Crippen LogP contribution in [0, 0.1) is 31.6 Å². The van der Waals surface area contributed by atoms with E-state index < -0.39 is 0 Å². The van der Waals surface area contributed by atoms with E-state index in [1.165, 1.54) is 94.1 Å². The van der Waals surface area contributed by atoms with Crippen LogP contribution in [0.25, 0.3) is 50.1 Å². The number of aromatic nitrogens is 1. The number of hydrogen-bond acceptors (Lipinski definition) is 6. The number of unbranched alkanes of at least 4 members (excludes halogenated alkanes) is 3. The molecular weight excluding hydrogens is 751 g/mol. The number of hydrogen-bond donors (Lipinski definition) is 0. The molecule has 6 rings (SSSR count). The molecule has 55 heavy (non-hydrogen) atoms. The summed E-state index contributed by atoms with van der Waals surface area (Å²) in [5.41, 5.74) is 2.85. The largest absolute Gasteiger partial charge is 0.274 e. The average Bonchev–Trinajstić information content (AvgIpc) is 3.98. The molecule has 0 amide bonds. The monoisotopic (exact) mass is 815 g/mol. The summed E-state index contributed by atoms with van der Waals surface area (Å²) in [5.74, 6) is 1.83. The molecule has 0 radical (unpaired) electrons. The van der Waals surface area contributed by atoms with Crippen molar-refractivity contribution in [3.05, 3.63) is 65.9 Å². The van der Waals surface area contributed by atoms with Crippen LogP contribution in [0.2, 0.25) is 0 Å². The quantitative estimate of drug-likeness (QED) is 0.0726. The Morgan fingerprint density at radius 1 is 0.491 bits per heavy atom. The van der Waals surface area contributed by atoms with Gasteiger partial charge in [-0.25, -0.2) is 0 Å². The average molecular weight is 816 g/mol. The zero-order chi connectivity index (χ0) is 39.2. The lowest BCUT2D eigenvalue weighted by Crippen LogP contribution is -2.32. The highest BCUT2D eigenvalue weighted by atomic mass is 32.1. The van der Waals surface area contributed by atoms with E-state index in [0.717, 1.165) is 69.5 Å². The fourth-order valence-corrected chi connectivity index (χ4v) is 13.6. The summed E-state index contributed by atoms with van der Waals surface area (Å²) in [6.07, 6.45) is 19.2. The number of fused-ring (bicyclic) bond motifs is 5. The first-order valence-corrected chi connectivity index (χ1v) is 25.0. The Morgan fingerprint density at radius 3 is 1.42 bits per heavy atom. The lowest BCUT2D eigenvalue weighted by Gasteiger charge is -2.18. The van der Waals surface area contributed by atoms with E-state index in [4.69, 9.17) is 0 Å². The summed E-state index contributed by atoms with van der Waals surface area (Å²) in [5, 5.41) is 4.34. The number of aryl methyl sites for hydroxylation is 4. The van der Waals surface area contributed by atoms with Gasteiger partial charge < -0.3 is 0 Å². The molecule has 0 saturated carbocycles. The van der Waals surface area contributed by atoms with Crippen molar-refractivity contribution in [2.24, 2.45) is 17.8 Å². The van der Waals surface area contributed by atoms with E-state index in [1.54, 1.807) is 38.4 Å². The van der Waals surface area contributed by atoms with Gasteiger partial charge in [-0.1, -0.05) is 112 Å². The lowest BCUT2D eigenvalue weighted by molar-refractivity contribution is 0.383. The van der Waals surface area contributed by atoms with Gasteiger partial charge in [0.1, 0.15) is 0 Å². The summed E-state index contributed by atoms with van der Waals surface area (Å²) in [4.78, 5) is 33.6. The molecule has 6 aromatic rings. The smallest absolute Gasteiger partial charge is 0.262 e. The van der Waals surface area contributed by atoms with Crippen molar-refractivity contribution in [3.8, 4) is 9.75 Å². The van der Waals surface area contributed by atoms with Crippen molar-refractivity contribution < 1.29 is 0 Å². The first-order chi connectivity index (χ1) is 26.6. The second-order valence-corrected chi connectivity index (χ2v) is 21.0. The van der Waals surface area contributed by atoms with E-state index in [9.17, 15) is 9.59 Å².